The fraction of sp³-hybridized carbons (Fsp3) is 0.548. The van der Waals surface area contributed by atoms with E-state index in [0.717, 1.165) is 30.6 Å². The van der Waals surface area contributed by atoms with E-state index in [4.69, 9.17) is 11.2 Å². The van der Waals surface area contributed by atoms with Gasteiger partial charge in [-0.1, -0.05) is 30.4 Å². The van der Waals surface area contributed by atoms with Gasteiger partial charge in [0.25, 0.3) is 0 Å². The highest BCUT2D eigenvalue weighted by molar-refractivity contribution is 5.84. The van der Waals surface area contributed by atoms with E-state index in [1.54, 1.807) is 0 Å². The molecule has 1 amide bonds. The lowest BCUT2D eigenvalue weighted by molar-refractivity contribution is -0.147. The minimum atomic E-state index is -1.45. The Morgan fingerprint density at radius 2 is 1.94 bits per heavy atom. The summed E-state index contributed by atoms with van der Waals surface area (Å²) in [6.07, 6.45) is 16.4. The minimum absolute atomic E-state index is 0.0312. The summed E-state index contributed by atoms with van der Waals surface area (Å²) in [4.78, 5) is 26.5. The van der Waals surface area contributed by atoms with Crippen molar-refractivity contribution < 1.29 is 19.4 Å². The summed E-state index contributed by atoms with van der Waals surface area (Å²) in [5.74, 6) is 4.35. The van der Waals surface area contributed by atoms with Gasteiger partial charge in [0, 0.05) is 48.9 Å². The number of amides is 1. The molecule has 3 fully saturated rings. The largest absolute Gasteiger partial charge is 0.490 e. The second kappa shape index (κ2) is 8.92. The van der Waals surface area contributed by atoms with Crippen LogP contribution in [0.2, 0.25) is 0 Å². The van der Waals surface area contributed by atoms with E-state index >= 15 is 0 Å². The van der Waals surface area contributed by atoms with Crippen molar-refractivity contribution >= 4 is 11.7 Å². The number of piperidine rings is 1. The SMILES string of the molecule is C#C[C@@H]1CC[C@@H]2[C@@H](C1)[C@@H]1C=C[C@H](C=C)[C@@H]3C(=O)C[C@H]4CCC(=O)N[C@@]4(O)Cc4ccc(cc4)O[C@@H]2[C@@H]13. The van der Waals surface area contributed by atoms with E-state index in [0.29, 0.717) is 24.7 Å². The third-order valence-electron chi connectivity index (χ3n) is 9.83. The van der Waals surface area contributed by atoms with Gasteiger partial charge in [0.2, 0.25) is 5.91 Å². The van der Waals surface area contributed by atoms with Crippen molar-refractivity contribution in [3.63, 3.8) is 0 Å². The molecule has 1 saturated heterocycles. The van der Waals surface area contributed by atoms with E-state index in [-0.39, 0.29) is 66.1 Å². The average Bonchev–Trinajstić information content (AvgIpc) is 3.18. The maximum atomic E-state index is 14.2. The molecule has 3 aliphatic heterocycles. The van der Waals surface area contributed by atoms with E-state index in [1.165, 1.54) is 0 Å². The van der Waals surface area contributed by atoms with Crippen LogP contribution in [-0.2, 0) is 16.0 Å². The van der Waals surface area contributed by atoms with Gasteiger partial charge >= 0.3 is 0 Å². The van der Waals surface area contributed by atoms with Crippen LogP contribution in [0.4, 0.5) is 0 Å². The van der Waals surface area contributed by atoms with Crippen molar-refractivity contribution in [2.24, 2.45) is 47.3 Å². The van der Waals surface area contributed by atoms with E-state index < -0.39 is 5.72 Å². The van der Waals surface area contributed by atoms with Crippen molar-refractivity contribution in [2.75, 3.05) is 0 Å². The predicted octanol–water partition coefficient (Wildman–Crippen LogP) is 4.06. The lowest BCUT2D eigenvalue weighted by Gasteiger charge is -2.42. The molecular formula is C31H35NO4. The molecule has 0 unspecified atom stereocenters. The quantitative estimate of drug-likeness (QED) is 0.465. The van der Waals surface area contributed by atoms with Gasteiger partial charge in [0.1, 0.15) is 23.4 Å². The van der Waals surface area contributed by atoms with Gasteiger partial charge in [0.15, 0.2) is 0 Å². The topological polar surface area (TPSA) is 75.6 Å². The van der Waals surface area contributed by atoms with Crippen LogP contribution in [0.5, 0.6) is 5.75 Å². The minimum Gasteiger partial charge on any atom is -0.490 e. The normalized spacial score (nSPS) is 43.3. The van der Waals surface area contributed by atoms with E-state index in [9.17, 15) is 14.7 Å². The van der Waals surface area contributed by atoms with Crippen LogP contribution in [0.1, 0.15) is 44.1 Å². The van der Waals surface area contributed by atoms with Crippen LogP contribution in [0.25, 0.3) is 0 Å². The lowest BCUT2D eigenvalue weighted by atomic mass is 9.65. The van der Waals surface area contributed by atoms with Gasteiger partial charge in [-0.05, 0) is 61.1 Å². The van der Waals surface area contributed by atoms with E-state index in [2.05, 4.69) is 30.0 Å². The molecule has 5 heteroatoms. The molecule has 7 rings (SSSR count). The van der Waals surface area contributed by atoms with Crippen LogP contribution in [0, 0.1) is 59.7 Å². The highest BCUT2D eigenvalue weighted by atomic mass is 16.5. The molecule has 6 aliphatic rings. The first kappa shape index (κ1) is 23.6. The van der Waals surface area contributed by atoms with Crippen molar-refractivity contribution in [3.05, 3.63) is 54.6 Å². The number of rotatable bonds is 1. The van der Waals surface area contributed by atoms with Gasteiger partial charge in [-0.3, -0.25) is 9.59 Å². The fourth-order valence-electron chi connectivity index (χ4n) is 8.13. The van der Waals surface area contributed by atoms with Crippen LogP contribution >= 0.6 is 0 Å². The first-order valence-corrected chi connectivity index (χ1v) is 13.5. The molecule has 188 valence electrons. The second-order valence-electron chi connectivity index (χ2n) is 11.7. The van der Waals surface area contributed by atoms with Gasteiger partial charge in [-0.2, -0.15) is 0 Å². The van der Waals surface area contributed by atoms with Crippen LogP contribution in [0.3, 0.4) is 0 Å². The molecule has 3 aliphatic carbocycles. The molecule has 0 radical (unpaired) electrons. The number of ether oxygens (including phenoxy) is 1. The smallest absolute Gasteiger partial charge is 0.222 e. The number of benzene rings is 1. The van der Waals surface area contributed by atoms with Crippen LogP contribution < -0.4 is 10.1 Å². The van der Waals surface area contributed by atoms with E-state index in [1.807, 2.05) is 30.3 Å². The molecule has 2 saturated carbocycles. The summed E-state index contributed by atoms with van der Waals surface area (Å²) in [6.45, 7) is 4.08. The van der Waals surface area contributed by atoms with Gasteiger partial charge in [-0.25, -0.2) is 0 Å². The molecule has 0 aromatic heterocycles. The number of terminal acetylenes is 1. The zero-order valence-electron chi connectivity index (χ0n) is 20.6. The van der Waals surface area contributed by atoms with Gasteiger partial charge in [0.05, 0.1) is 0 Å². The average molecular weight is 486 g/mol. The number of nitrogens with one attached hydrogen (secondary N) is 1. The maximum Gasteiger partial charge on any atom is 0.222 e. The number of Topliss-reactive ketones (excluding diaryl/α,β-unsaturated/α-hetero) is 1. The molecule has 1 aromatic rings. The third-order valence-corrected chi connectivity index (χ3v) is 9.83. The number of aliphatic hydroxyl groups is 1. The first-order chi connectivity index (χ1) is 17.4. The number of carbonyl (C=O) groups excluding carboxylic acids is 2. The second-order valence-corrected chi connectivity index (χ2v) is 11.7. The highest BCUT2D eigenvalue weighted by Crippen LogP contribution is 2.57. The monoisotopic (exact) mass is 485 g/mol. The summed E-state index contributed by atoms with van der Waals surface area (Å²) >= 11 is 0. The van der Waals surface area contributed by atoms with Crippen molar-refractivity contribution in [1.82, 2.24) is 5.32 Å². The molecule has 36 heavy (non-hydrogen) atoms. The van der Waals surface area contributed by atoms with Crippen molar-refractivity contribution in [1.29, 1.82) is 0 Å². The molecule has 5 nitrogen and oxygen atoms in total. The van der Waals surface area contributed by atoms with Gasteiger partial charge < -0.3 is 15.2 Å². The number of fused-ring (bicyclic) bond motifs is 5. The molecule has 2 bridgehead atoms. The summed E-state index contributed by atoms with van der Waals surface area (Å²) < 4.78 is 6.78. The Kier molecular flexibility index (Phi) is 5.84. The molecule has 10 atom stereocenters. The molecule has 3 heterocycles. The molecule has 0 spiro atoms. The number of allylic oxidation sites excluding steroid dienone is 3. The lowest BCUT2D eigenvalue weighted by Crippen LogP contribution is -2.59. The third kappa shape index (κ3) is 3.82. The summed E-state index contributed by atoms with van der Waals surface area (Å²) in [7, 11) is 0. The van der Waals surface area contributed by atoms with Gasteiger partial charge in [-0.15, -0.1) is 18.9 Å². The summed E-state index contributed by atoms with van der Waals surface area (Å²) in [6, 6.07) is 7.86. The highest BCUT2D eigenvalue weighted by Gasteiger charge is 2.58. The number of carbonyl (C=O) groups is 2. The standard InChI is InChI=1S/C31H35NO4/c1-3-18-7-12-24-25(15-18)23-13-8-20(4-2)28-26(33)16-21-9-14-27(34)32-31(21,35)17-19-5-10-22(11-6-19)36-30(24)29(23)28/h1,4-6,8,10-11,13,18,20-21,23-25,28-30,35H,2,7,9,12,14-17H2,(H,32,34)/t18-,20+,21-,23+,24-,25+,28-,29+,30+,31-/m1/s1. The number of hydrogen-bond donors (Lipinski definition) is 2. The van der Waals surface area contributed by atoms with Crippen molar-refractivity contribution in [3.8, 4) is 18.1 Å². The Morgan fingerprint density at radius 3 is 2.69 bits per heavy atom. The Labute approximate surface area is 213 Å². The fourth-order valence-corrected chi connectivity index (χ4v) is 8.13. The molecule has 2 N–H and O–H groups in total. The summed E-state index contributed by atoms with van der Waals surface area (Å²) in [5, 5.41) is 14.5. The Hall–Kier alpha value is -2.84. The first-order valence-electron chi connectivity index (χ1n) is 13.5. The van der Waals surface area contributed by atoms with Crippen LogP contribution in [-0.4, -0.2) is 28.6 Å². The zero-order valence-corrected chi connectivity index (χ0v) is 20.6. The van der Waals surface area contributed by atoms with Crippen LogP contribution in [0.15, 0.2) is 49.1 Å². The number of hydrogen-bond acceptors (Lipinski definition) is 4. The molecular weight excluding hydrogens is 450 g/mol. The maximum absolute atomic E-state index is 14.2. The Bertz CT molecular complexity index is 1130. The zero-order chi connectivity index (χ0) is 25.0. The Balaban J connectivity index is 1.45. The predicted molar refractivity (Wildman–Crippen MR) is 136 cm³/mol. The Morgan fingerprint density at radius 1 is 1.14 bits per heavy atom. The molecule has 1 aromatic carbocycles. The number of ketones is 1. The summed E-state index contributed by atoms with van der Waals surface area (Å²) in [5.41, 5.74) is -0.540. The van der Waals surface area contributed by atoms with Crippen molar-refractivity contribution in [2.45, 2.75) is 56.8 Å².